The first-order chi connectivity index (χ1) is 7.88. The van der Waals surface area contributed by atoms with Crippen LogP contribution < -0.4 is 11.1 Å². The standard InChI is InChI=1S/C13H22N2OS/c1-9-7-13(8-9,10(14)17)11(16)15-12(2)5-3-4-6-12/h9H,3-8H2,1-2H3,(H2,14,17)(H,15,16). The van der Waals surface area contributed by atoms with E-state index in [1.165, 1.54) is 12.8 Å². The number of carbonyl (C=O) groups excluding carboxylic acids is 1. The molecule has 3 N–H and O–H groups in total. The number of rotatable bonds is 3. The molecule has 17 heavy (non-hydrogen) atoms. The van der Waals surface area contributed by atoms with Crippen LogP contribution in [0, 0.1) is 11.3 Å². The summed E-state index contributed by atoms with van der Waals surface area (Å²) in [5.74, 6) is 0.617. The molecule has 2 aliphatic rings. The van der Waals surface area contributed by atoms with Crippen molar-refractivity contribution < 1.29 is 4.79 Å². The molecule has 2 saturated carbocycles. The molecule has 0 aromatic heterocycles. The van der Waals surface area contributed by atoms with E-state index in [1.807, 2.05) is 0 Å². The first-order valence-electron chi connectivity index (χ1n) is 6.50. The Kier molecular flexibility index (Phi) is 3.19. The Morgan fingerprint density at radius 1 is 1.35 bits per heavy atom. The molecule has 3 nitrogen and oxygen atoms in total. The highest BCUT2D eigenvalue weighted by atomic mass is 32.1. The first-order valence-corrected chi connectivity index (χ1v) is 6.91. The Hall–Kier alpha value is -0.640. The minimum atomic E-state index is -0.555. The van der Waals surface area contributed by atoms with Gasteiger partial charge >= 0.3 is 0 Å². The summed E-state index contributed by atoms with van der Waals surface area (Å²) in [6.07, 6.45) is 6.17. The maximum absolute atomic E-state index is 12.4. The maximum atomic E-state index is 12.4. The molecule has 2 fully saturated rings. The van der Waals surface area contributed by atoms with Crippen LogP contribution in [0.2, 0.25) is 0 Å². The quantitative estimate of drug-likeness (QED) is 0.759. The number of hydrogen-bond acceptors (Lipinski definition) is 2. The van der Waals surface area contributed by atoms with E-state index < -0.39 is 5.41 Å². The smallest absolute Gasteiger partial charge is 0.233 e. The van der Waals surface area contributed by atoms with Crippen LogP contribution in [0.15, 0.2) is 0 Å². The summed E-state index contributed by atoms with van der Waals surface area (Å²) in [5, 5.41) is 3.19. The molecule has 2 rings (SSSR count). The van der Waals surface area contributed by atoms with E-state index in [9.17, 15) is 4.79 Å². The van der Waals surface area contributed by atoms with Crippen LogP contribution in [0.1, 0.15) is 52.4 Å². The van der Waals surface area contributed by atoms with Crippen LogP contribution in [0.25, 0.3) is 0 Å². The van der Waals surface area contributed by atoms with Crippen LogP contribution in [0.5, 0.6) is 0 Å². The van der Waals surface area contributed by atoms with Crippen LogP contribution in [0.4, 0.5) is 0 Å². The van der Waals surface area contributed by atoms with Gasteiger partial charge in [-0.2, -0.15) is 0 Å². The van der Waals surface area contributed by atoms with E-state index in [0.29, 0.717) is 10.9 Å². The number of nitrogens with two attached hydrogens (primary N) is 1. The van der Waals surface area contributed by atoms with E-state index in [1.54, 1.807) is 0 Å². The average Bonchev–Trinajstić information content (AvgIpc) is 2.58. The molecular formula is C13H22N2OS. The molecule has 0 aromatic carbocycles. The summed E-state index contributed by atoms with van der Waals surface area (Å²) in [6.45, 7) is 4.27. The highest BCUT2D eigenvalue weighted by Gasteiger charge is 2.52. The Bertz CT molecular complexity index is 341. The van der Waals surface area contributed by atoms with E-state index >= 15 is 0 Å². The van der Waals surface area contributed by atoms with Gasteiger partial charge in [0.15, 0.2) is 0 Å². The molecule has 4 heteroatoms. The fourth-order valence-corrected chi connectivity index (χ4v) is 3.56. The molecule has 96 valence electrons. The van der Waals surface area contributed by atoms with Crippen molar-refractivity contribution in [3.05, 3.63) is 0 Å². The second-order valence-corrected chi connectivity index (χ2v) is 6.62. The van der Waals surface area contributed by atoms with Crippen LogP contribution in [0.3, 0.4) is 0 Å². The van der Waals surface area contributed by atoms with Gasteiger partial charge < -0.3 is 11.1 Å². The van der Waals surface area contributed by atoms with Crippen molar-refractivity contribution in [3.8, 4) is 0 Å². The summed E-state index contributed by atoms with van der Waals surface area (Å²) in [6, 6.07) is 0. The number of thiocarbonyl (C=S) groups is 1. The SMILES string of the molecule is CC1CC(C(=O)NC2(C)CCCC2)(C(N)=S)C1. The number of nitrogens with one attached hydrogen (secondary N) is 1. The summed E-state index contributed by atoms with van der Waals surface area (Å²) in [5.41, 5.74) is 5.19. The zero-order valence-corrected chi connectivity index (χ0v) is 11.5. The van der Waals surface area contributed by atoms with E-state index in [2.05, 4.69) is 19.2 Å². The molecule has 0 heterocycles. The molecule has 0 spiro atoms. The molecule has 0 unspecified atom stereocenters. The summed E-state index contributed by atoms with van der Waals surface area (Å²) in [4.78, 5) is 12.8. The van der Waals surface area contributed by atoms with Gasteiger partial charge in [0.2, 0.25) is 5.91 Å². The number of carbonyl (C=O) groups is 1. The summed E-state index contributed by atoms with van der Waals surface area (Å²) < 4.78 is 0. The third-order valence-electron chi connectivity index (χ3n) is 4.42. The zero-order valence-electron chi connectivity index (χ0n) is 10.7. The third-order valence-corrected chi connectivity index (χ3v) is 4.81. The molecule has 0 bridgehead atoms. The second-order valence-electron chi connectivity index (χ2n) is 6.18. The number of hydrogen-bond donors (Lipinski definition) is 2. The minimum Gasteiger partial charge on any atom is -0.392 e. The van der Waals surface area contributed by atoms with E-state index in [0.717, 1.165) is 25.7 Å². The van der Waals surface area contributed by atoms with Crippen molar-refractivity contribution in [3.63, 3.8) is 0 Å². The predicted octanol–water partition coefficient (Wildman–Crippen LogP) is 2.14. The van der Waals surface area contributed by atoms with Crippen molar-refractivity contribution in [2.24, 2.45) is 17.1 Å². The Balaban J connectivity index is 2.06. The van der Waals surface area contributed by atoms with Gasteiger partial charge in [-0.15, -0.1) is 0 Å². The van der Waals surface area contributed by atoms with Gasteiger partial charge in [-0.25, -0.2) is 0 Å². The minimum absolute atomic E-state index is 0.0340. The van der Waals surface area contributed by atoms with Crippen LogP contribution in [-0.2, 0) is 4.79 Å². The second kappa shape index (κ2) is 4.23. The van der Waals surface area contributed by atoms with Crippen molar-refractivity contribution in [2.45, 2.75) is 57.9 Å². The lowest BCUT2D eigenvalue weighted by Gasteiger charge is -2.45. The van der Waals surface area contributed by atoms with Gasteiger partial charge in [0.25, 0.3) is 0 Å². The van der Waals surface area contributed by atoms with Gasteiger partial charge in [0.05, 0.1) is 10.4 Å². The van der Waals surface area contributed by atoms with Crippen LogP contribution in [-0.4, -0.2) is 16.4 Å². The molecule has 0 saturated heterocycles. The van der Waals surface area contributed by atoms with Crippen molar-refractivity contribution in [1.82, 2.24) is 5.32 Å². The van der Waals surface area contributed by atoms with Crippen LogP contribution >= 0.6 is 12.2 Å². The van der Waals surface area contributed by atoms with Crippen molar-refractivity contribution in [2.75, 3.05) is 0 Å². The lowest BCUT2D eigenvalue weighted by atomic mass is 9.61. The predicted molar refractivity (Wildman–Crippen MR) is 72.6 cm³/mol. The monoisotopic (exact) mass is 254 g/mol. The molecular weight excluding hydrogens is 232 g/mol. The first kappa shape index (κ1) is 12.8. The highest BCUT2D eigenvalue weighted by Crippen LogP contribution is 2.46. The summed E-state index contributed by atoms with van der Waals surface area (Å²) in [7, 11) is 0. The van der Waals surface area contributed by atoms with Gasteiger partial charge in [-0.05, 0) is 38.5 Å². The highest BCUT2D eigenvalue weighted by molar-refractivity contribution is 7.80. The zero-order chi connectivity index (χ0) is 12.7. The molecule has 0 atom stereocenters. The van der Waals surface area contributed by atoms with Crippen molar-refractivity contribution in [1.29, 1.82) is 0 Å². The fraction of sp³-hybridized carbons (Fsp3) is 0.846. The summed E-state index contributed by atoms with van der Waals surface area (Å²) >= 11 is 5.10. The van der Waals surface area contributed by atoms with Gasteiger partial charge in [-0.3, -0.25) is 4.79 Å². The Labute approximate surface area is 109 Å². The number of amides is 1. The van der Waals surface area contributed by atoms with E-state index in [-0.39, 0.29) is 11.4 Å². The third kappa shape index (κ3) is 2.19. The molecule has 2 aliphatic carbocycles. The maximum Gasteiger partial charge on any atom is 0.233 e. The topological polar surface area (TPSA) is 55.1 Å². The molecule has 1 amide bonds. The fourth-order valence-electron chi connectivity index (χ4n) is 3.30. The lowest BCUT2D eigenvalue weighted by Crippen LogP contribution is -2.59. The van der Waals surface area contributed by atoms with Gasteiger partial charge in [0, 0.05) is 5.54 Å². The Morgan fingerprint density at radius 2 is 1.88 bits per heavy atom. The average molecular weight is 254 g/mol. The molecule has 0 aliphatic heterocycles. The lowest BCUT2D eigenvalue weighted by molar-refractivity contribution is -0.134. The largest absolute Gasteiger partial charge is 0.392 e. The molecule has 0 aromatic rings. The Morgan fingerprint density at radius 3 is 2.29 bits per heavy atom. The van der Waals surface area contributed by atoms with Gasteiger partial charge in [0.1, 0.15) is 0 Å². The molecule has 0 radical (unpaired) electrons. The van der Waals surface area contributed by atoms with Crippen molar-refractivity contribution >= 4 is 23.1 Å². The van der Waals surface area contributed by atoms with Gasteiger partial charge in [-0.1, -0.05) is 32.0 Å². The normalized spacial score (nSPS) is 35.1. The van der Waals surface area contributed by atoms with E-state index in [4.69, 9.17) is 18.0 Å².